The fourth-order valence-electron chi connectivity index (χ4n) is 1.40. The third kappa shape index (κ3) is 3.27. The third-order valence-electron chi connectivity index (χ3n) is 2.37. The lowest BCUT2D eigenvalue weighted by atomic mass is 10.2. The van der Waals surface area contributed by atoms with Crippen molar-refractivity contribution in [3.63, 3.8) is 0 Å². The summed E-state index contributed by atoms with van der Waals surface area (Å²) >= 11 is 2.58. The fourth-order valence-corrected chi connectivity index (χ4v) is 3.07. The van der Waals surface area contributed by atoms with Gasteiger partial charge in [0.15, 0.2) is 4.34 Å². The van der Waals surface area contributed by atoms with Gasteiger partial charge in [0.1, 0.15) is 5.82 Å². The van der Waals surface area contributed by atoms with Crippen molar-refractivity contribution in [3.05, 3.63) is 45.5 Å². The van der Waals surface area contributed by atoms with Gasteiger partial charge in [0.25, 0.3) is 0 Å². The Morgan fingerprint density at radius 2 is 2.32 bits per heavy atom. The highest BCUT2D eigenvalue weighted by Crippen LogP contribution is 2.28. The van der Waals surface area contributed by atoms with Crippen LogP contribution in [0.3, 0.4) is 0 Å². The number of nitrogens with zero attached hydrogens (tertiary/aromatic N) is 3. The maximum Gasteiger partial charge on any atom is 0.305 e. The molecule has 2 rings (SSSR count). The Labute approximate surface area is 117 Å². The molecule has 1 aromatic heterocycles. The molecule has 19 heavy (non-hydrogen) atoms. The van der Waals surface area contributed by atoms with Crippen molar-refractivity contribution >= 4 is 29.0 Å². The molecule has 0 bridgehead atoms. The zero-order chi connectivity index (χ0) is 13.8. The Morgan fingerprint density at radius 1 is 1.53 bits per heavy atom. The molecule has 0 unspecified atom stereocenters. The molecule has 100 valence electrons. The lowest BCUT2D eigenvalue weighted by Crippen LogP contribution is -1.96. The second kappa shape index (κ2) is 6.07. The van der Waals surface area contributed by atoms with E-state index in [9.17, 15) is 14.5 Å². The van der Waals surface area contributed by atoms with E-state index in [1.165, 1.54) is 35.4 Å². The van der Waals surface area contributed by atoms with E-state index in [-0.39, 0.29) is 0 Å². The maximum absolute atomic E-state index is 13.8. The van der Waals surface area contributed by atoms with Gasteiger partial charge in [-0.05, 0) is 11.5 Å². The van der Waals surface area contributed by atoms with Gasteiger partial charge < -0.3 is 0 Å². The van der Waals surface area contributed by atoms with Gasteiger partial charge in [0.05, 0.1) is 4.92 Å². The predicted octanol–water partition coefficient (Wildman–Crippen LogP) is 3.44. The van der Waals surface area contributed by atoms with E-state index in [0.29, 0.717) is 11.3 Å². The van der Waals surface area contributed by atoms with Crippen LogP contribution in [0.4, 0.5) is 10.1 Å². The molecule has 0 radical (unpaired) electrons. The van der Waals surface area contributed by atoms with E-state index in [0.717, 1.165) is 22.7 Å². The molecule has 2 aromatic rings. The quantitative estimate of drug-likeness (QED) is 0.480. The second-order valence-electron chi connectivity index (χ2n) is 3.63. The molecule has 8 heteroatoms. The second-order valence-corrected chi connectivity index (χ2v) is 5.60. The van der Waals surface area contributed by atoms with Crippen molar-refractivity contribution in [2.24, 2.45) is 0 Å². The summed E-state index contributed by atoms with van der Waals surface area (Å²) in [4.78, 5) is 14.2. The Bertz CT molecular complexity index is 603. The van der Waals surface area contributed by atoms with Gasteiger partial charge in [-0.15, -0.1) is 0 Å². The average molecular weight is 299 g/mol. The molecule has 0 N–H and O–H groups in total. The first-order valence-corrected chi connectivity index (χ1v) is 7.25. The van der Waals surface area contributed by atoms with Crippen LogP contribution < -0.4 is 0 Å². The van der Waals surface area contributed by atoms with Gasteiger partial charge in [-0.1, -0.05) is 30.8 Å². The van der Waals surface area contributed by atoms with Crippen molar-refractivity contribution in [3.8, 4) is 0 Å². The van der Waals surface area contributed by atoms with Gasteiger partial charge in [0, 0.05) is 23.8 Å². The normalized spacial score (nSPS) is 10.6. The summed E-state index contributed by atoms with van der Waals surface area (Å²) in [6.07, 6.45) is 0.752. The predicted molar refractivity (Wildman–Crippen MR) is 71.9 cm³/mol. The Morgan fingerprint density at radius 3 is 2.95 bits per heavy atom. The molecule has 0 saturated carbocycles. The van der Waals surface area contributed by atoms with E-state index in [2.05, 4.69) is 9.36 Å². The van der Waals surface area contributed by atoms with Crippen LogP contribution in [-0.4, -0.2) is 14.3 Å². The number of hydrogen-bond donors (Lipinski definition) is 0. The van der Waals surface area contributed by atoms with E-state index >= 15 is 0 Å². The highest BCUT2D eigenvalue weighted by Gasteiger charge is 2.17. The first-order valence-electron chi connectivity index (χ1n) is 5.49. The number of hydrogen-bond acceptors (Lipinski definition) is 6. The monoisotopic (exact) mass is 299 g/mol. The van der Waals surface area contributed by atoms with Crippen LogP contribution in [0.5, 0.6) is 0 Å². The van der Waals surface area contributed by atoms with Crippen molar-refractivity contribution < 1.29 is 9.31 Å². The molecule has 0 amide bonds. The lowest BCUT2D eigenvalue weighted by molar-refractivity contribution is -0.387. The van der Waals surface area contributed by atoms with Crippen LogP contribution in [0.25, 0.3) is 0 Å². The molecule has 0 aliphatic rings. The maximum atomic E-state index is 13.8. The number of nitro benzene ring substituents is 1. The smallest absolute Gasteiger partial charge is 0.258 e. The van der Waals surface area contributed by atoms with Crippen LogP contribution in [0.2, 0.25) is 0 Å². The number of rotatable bonds is 5. The fraction of sp³-hybridized carbons (Fsp3) is 0.273. The van der Waals surface area contributed by atoms with Gasteiger partial charge in [-0.2, -0.15) is 8.76 Å². The van der Waals surface area contributed by atoms with Gasteiger partial charge in [-0.3, -0.25) is 10.1 Å². The number of nitro groups is 1. The summed E-state index contributed by atoms with van der Waals surface area (Å²) in [7, 11) is 0. The minimum atomic E-state index is -0.778. The standard InChI is InChI=1S/C11H10FN3O2S2/c1-2-9-13-11(19-14-9)18-6-7-4-3-5-8(10(7)12)15(16)17/h3-5H,2,6H2,1H3. The molecular weight excluding hydrogens is 289 g/mol. The summed E-state index contributed by atoms with van der Waals surface area (Å²) in [5.74, 6) is 0.276. The van der Waals surface area contributed by atoms with Crippen LogP contribution >= 0.6 is 23.3 Å². The van der Waals surface area contributed by atoms with Gasteiger partial charge >= 0.3 is 5.69 Å². The van der Waals surface area contributed by atoms with Crippen LogP contribution in [0.1, 0.15) is 18.3 Å². The summed E-state index contributed by atoms with van der Waals surface area (Å²) in [6.45, 7) is 1.96. The SMILES string of the molecule is CCc1nsc(SCc2cccc([N+](=O)[O-])c2F)n1. The highest BCUT2D eigenvalue weighted by molar-refractivity contribution is 8.00. The van der Waals surface area contributed by atoms with E-state index in [4.69, 9.17) is 0 Å². The summed E-state index contributed by atoms with van der Waals surface area (Å²) in [5.41, 5.74) is -0.197. The molecule has 1 heterocycles. The van der Waals surface area contributed by atoms with Crippen molar-refractivity contribution in [1.82, 2.24) is 9.36 Å². The Balaban J connectivity index is 2.11. The van der Waals surface area contributed by atoms with Crippen molar-refractivity contribution in [2.75, 3.05) is 0 Å². The summed E-state index contributed by atoms with van der Waals surface area (Å²) in [5, 5.41) is 10.6. The molecule has 0 aliphatic carbocycles. The molecule has 1 aromatic carbocycles. The molecule has 0 fully saturated rings. The van der Waals surface area contributed by atoms with Crippen molar-refractivity contribution in [1.29, 1.82) is 0 Å². The molecule has 0 aliphatic heterocycles. The first kappa shape index (κ1) is 13.9. The molecule has 0 atom stereocenters. The minimum Gasteiger partial charge on any atom is -0.258 e. The van der Waals surface area contributed by atoms with Crippen LogP contribution in [-0.2, 0) is 12.2 Å². The van der Waals surface area contributed by atoms with E-state index < -0.39 is 16.4 Å². The number of benzene rings is 1. The third-order valence-corrected chi connectivity index (χ3v) is 4.29. The largest absolute Gasteiger partial charge is 0.305 e. The number of thioether (sulfide) groups is 1. The van der Waals surface area contributed by atoms with Crippen LogP contribution in [0.15, 0.2) is 22.5 Å². The summed E-state index contributed by atoms with van der Waals surface area (Å²) in [6, 6.07) is 4.18. The van der Waals surface area contributed by atoms with E-state index in [1.54, 1.807) is 0 Å². The number of halogens is 1. The topological polar surface area (TPSA) is 68.9 Å². The number of aryl methyl sites for hydroxylation is 1. The molecular formula is C11H10FN3O2S2. The molecule has 5 nitrogen and oxygen atoms in total. The van der Waals surface area contributed by atoms with Gasteiger partial charge in [-0.25, -0.2) is 4.98 Å². The van der Waals surface area contributed by atoms with Gasteiger partial charge in [0.2, 0.25) is 5.82 Å². The van der Waals surface area contributed by atoms with Crippen LogP contribution in [0, 0.1) is 15.9 Å². The molecule has 0 spiro atoms. The Hall–Kier alpha value is -1.54. The average Bonchev–Trinajstić information content (AvgIpc) is 2.85. The highest BCUT2D eigenvalue weighted by atomic mass is 32.2. The Kier molecular flexibility index (Phi) is 4.43. The first-order chi connectivity index (χ1) is 9.11. The van der Waals surface area contributed by atoms with Crippen molar-refractivity contribution in [2.45, 2.75) is 23.4 Å². The zero-order valence-electron chi connectivity index (χ0n) is 10.00. The van der Waals surface area contributed by atoms with E-state index in [1.807, 2.05) is 6.92 Å². The summed E-state index contributed by atoms with van der Waals surface area (Å²) < 4.78 is 18.7. The molecule has 0 saturated heterocycles. The lowest BCUT2D eigenvalue weighted by Gasteiger charge is -2.01. The zero-order valence-corrected chi connectivity index (χ0v) is 11.6. The minimum absolute atomic E-state index is 0.297. The number of aromatic nitrogens is 2.